The predicted octanol–water partition coefficient (Wildman–Crippen LogP) is 2.14. The summed E-state index contributed by atoms with van der Waals surface area (Å²) in [5, 5.41) is 22.5. The van der Waals surface area contributed by atoms with Gasteiger partial charge in [0.15, 0.2) is 0 Å². The van der Waals surface area contributed by atoms with Crippen molar-refractivity contribution in [2.24, 2.45) is 0 Å². The highest BCUT2D eigenvalue weighted by atomic mass is 32.2. The number of carboxylic acid groups (broad SMARTS) is 1. The van der Waals surface area contributed by atoms with Crippen LogP contribution < -0.4 is 5.32 Å². The molecular weight excluding hydrogens is 268 g/mol. The van der Waals surface area contributed by atoms with Crippen molar-refractivity contribution in [1.82, 2.24) is 5.32 Å². The molecule has 1 unspecified atom stereocenters. The van der Waals surface area contributed by atoms with Crippen LogP contribution in [0.25, 0.3) is 0 Å². The Labute approximate surface area is 115 Å². The van der Waals surface area contributed by atoms with Crippen molar-refractivity contribution < 1.29 is 14.8 Å². The Balaban J connectivity index is 2.59. The molecule has 6 nitrogen and oxygen atoms in total. The van der Waals surface area contributed by atoms with Gasteiger partial charge >= 0.3 is 5.97 Å². The minimum Gasteiger partial charge on any atom is -0.480 e. The average Bonchev–Trinajstić information content (AvgIpc) is 2.34. The third-order valence-corrected chi connectivity index (χ3v) is 3.40. The fourth-order valence-electron chi connectivity index (χ4n) is 1.44. The van der Waals surface area contributed by atoms with Crippen LogP contribution in [-0.2, 0) is 4.79 Å². The first-order chi connectivity index (χ1) is 8.90. The molecule has 0 amide bonds. The summed E-state index contributed by atoms with van der Waals surface area (Å²) in [5.41, 5.74) is 0.0273. The highest BCUT2D eigenvalue weighted by molar-refractivity contribution is 7.99. The maximum absolute atomic E-state index is 11.0. The number of hydrogen-bond acceptors (Lipinski definition) is 5. The van der Waals surface area contributed by atoms with Gasteiger partial charge in [-0.2, -0.15) is 0 Å². The predicted molar refractivity (Wildman–Crippen MR) is 73.5 cm³/mol. The number of non-ortho nitro benzene ring substituents is 1. The maximum atomic E-state index is 11.0. The number of aliphatic carboxylic acids is 1. The van der Waals surface area contributed by atoms with E-state index in [-0.39, 0.29) is 11.7 Å². The summed E-state index contributed by atoms with van der Waals surface area (Å²) in [6.45, 7) is 3.76. The highest BCUT2D eigenvalue weighted by Gasteiger charge is 2.18. The van der Waals surface area contributed by atoms with Crippen LogP contribution in [0, 0.1) is 10.1 Å². The number of hydrogen-bond donors (Lipinski definition) is 2. The summed E-state index contributed by atoms with van der Waals surface area (Å²) in [6.07, 6.45) is 0. The monoisotopic (exact) mass is 284 g/mol. The minimum absolute atomic E-state index is 0.0273. The van der Waals surface area contributed by atoms with Crippen molar-refractivity contribution >= 4 is 23.4 Å². The molecule has 0 aliphatic carbocycles. The molecular formula is C12H16N2O4S. The summed E-state index contributed by atoms with van der Waals surface area (Å²) in [6, 6.07) is 5.51. The van der Waals surface area contributed by atoms with Crippen LogP contribution in [0.3, 0.4) is 0 Å². The first-order valence-electron chi connectivity index (χ1n) is 5.76. The van der Waals surface area contributed by atoms with E-state index < -0.39 is 16.9 Å². The second kappa shape index (κ2) is 7.10. The van der Waals surface area contributed by atoms with E-state index in [1.807, 2.05) is 13.8 Å². The zero-order chi connectivity index (χ0) is 14.4. The molecule has 0 aliphatic rings. The standard InChI is InChI=1S/C12H16N2O4S/c1-8(2)13-11(12(15)16)7-19-10-5-3-9(4-6-10)14(17)18/h3-6,8,11,13H,7H2,1-2H3,(H,15,16). The summed E-state index contributed by atoms with van der Waals surface area (Å²) in [5.74, 6) is -0.534. The van der Waals surface area contributed by atoms with Crippen LogP contribution in [-0.4, -0.2) is 33.8 Å². The number of carboxylic acids is 1. The Hall–Kier alpha value is -1.60. The molecule has 0 radical (unpaired) electrons. The third kappa shape index (κ3) is 5.27. The number of carbonyl (C=O) groups is 1. The van der Waals surface area contributed by atoms with E-state index in [0.717, 1.165) is 4.90 Å². The van der Waals surface area contributed by atoms with Crippen molar-refractivity contribution in [2.45, 2.75) is 30.8 Å². The van der Waals surface area contributed by atoms with Crippen molar-refractivity contribution in [2.75, 3.05) is 5.75 Å². The Morgan fingerprint density at radius 2 is 2.00 bits per heavy atom. The first kappa shape index (κ1) is 15.5. The van der Waals surface area contributed by atoms with Crippen molar-refractivity contribution in [3.63, 3.8) is 0 Å². The van der Waals surface area contributed by atoms with Gasteiger partial charge in [0.25, 0.3) is 5.69 Å². The second-order valence-electron chi connectivity index (χ2n) is 4.27. The number of nitro groups is 1. The lowest BCUT2D eigenvalue weighted by Crippen LogP contribution is -2.42. The molecule has 0 bridgehead atoms. The summed E-state index contributed by atoms with van der Waals surface area (Å²) in [7, 11) is 0. The normalized spacial score (nSPS) is 12.4. The molecule has 0 heterocycles. The molecule has 7 heteroatoms. The van der Waals surface area contributed by atoms with Crippen molar-refractivity contribution in [3.8, 4) is 0 Å². The lowest BCUT2D eigenvalue weighted by atomic mass is 10.3. The number of benzene rings is 1. The van der Waals surface area contributed by atoms with Crippen LogP contribution in [0.4, 0.5) is 5.69 Å². The van der Waals surface area contributed by atoms with Gasteiger partial charge in [-0.25, -0.2) is 0 Å². The topological polar surface area (TPSA) is 92.5 Å². The Morgan fingerprint density at radius 1 is 1.42 bits per heavy atom. The van der Waals surface area contributed by atoms with Gasteiger partial charge in [0.05, 0.1) is 4.92 Å². The lowest BCUT2D eigenvalue weighted by molar-refractivity contribution is -0.384. The average molecular weight is 284 g/mol. The SMILES string of the molecule is CC(C)NC(CSc1ccc([N+](=O)[O-])cc1)C(=O)O. The number of thioether (sulfide) groups is 1. The number of nitrogens with one attached hydrogen (secondary N) is 1. The molecule has 104 valence electrons. The van der Waals surface area contributed by atoms with Gasteiger partial charge in [-0.15, -0.1) is 11.8 Å². The lowest BCUT2D eigenvalue weighted by Gasteiger charge is -2.16. The van der Waals surface area contributed by atoms with Crippen molar-refractivity contribution in [3.05, 3.63) is 34.4 Å². The zero-order valence-corrected chi connectivity index (χ0v) is 11.5. The van der Waals surface area contributed by atoms with Crippen LogP contribution >= 0.6 is 11.8 Å². The van der Waals surface area contributed by atoms with E-state index in [9.17, 15) is 14.9 Å². The molecule has 19 heavy (non-hydrogen) atoms. The molecule has 1 atom stereocenters. The van der Waals surface area contributed by atoms with Gasteiger partial charge in [0.1, 0.15) is 6.04 Å². The Bertz CT molecular complexity index is 448. The molecule has 0 spiro atoms. The highest BCUT2D eigenvalue weighted by Crippen LogP contribution is 2.22. The summed E-state index contributed by atoms with van der Waals surface area (Å²) < 4.78 is 0. The van der Waals surface area contributed by atoms with E-state index in [1.54, 1.807) is 12.1 Å². The van der Waals surface area contributed by atoms with Gasteiger partial charge in [0, 0.05) is 28.8 Å². The fraction of sp³-hybridized carbons (Fsp3) is 0.417. The fourth-order valence-corrected chi connectivity index (χ4v) is 2.36. The van der Waals surface area contributed by atoms with Gasteiger partial charge in [-0.1, -0.05) is 13.8 Å². The van der Waals surface area contributed by atoms with E-state index in [0.29, 0.717) is 5.75 Å². The largest absolute Gasteiger partial charge is 0.480 e. The maximum Gasteiger partial charge on any atom is 0.321 e. The molecule has 1 aromatic carbocycles. The molecule has 0 aromatic heterocycles. The smallest absolute Gasteiger partial charge is 0.321 e. The van der Waals surface area contributed by atoms with E-state index in [2.05, 4.69) is 5.32 Å². The molecule has 2 N–H and O–H groups in total. The third-order valence-electron chi connectivity index (χ3n) is 2.30. The summed E-state index contributed by atoms with van der Waals surface area (Å²) in [4.78, 5) is 21.9. The van der Waals surface area contributed by atoms with Crippen LogP contribution in [0.1, 0.15) is 13.8 Å². The van der Waals surface area contributed by atoms with E-state index >= 15 is 0 Å². The summed E-state index contributed by atoms with van der Waals surface area (Å²) >= 11 is 1.35. The Morgan fingerprint density at radius 3 is 2.42 bits per heavy atom. The number of nitrogens with zero attached hydrogens (tertiary/aromatic N) is 1. The van der Waals surface area contributed by atoms with Crippen LogP contribution in [0.2, 0.25) is 0 Å². The first-order valence-corrected chi connectivity index (χ1v) is 6.75. The van der Waals surface area contributed by atoms with Gasteiger partial charge in [-0.3, -0.25) is 14.9 Å². The van der Waals surface area contributed by atoms with Gasteiger partial charge in [-0.05, 0) is 12.1 Å². The van der Waals surface area contributed by atoms with E-state index in [1.165, 1.54) is 23.9 Å². The molecule has 1 aromatic rings. The molecule has 0 saturated heterocycles. The van der Waals surface area contributed by atoms with Gasteiger partial charge < -0.3 is 10.4 Å². The molecule has 1 rings (SSSR count). The quantitative estimate of drug-likeness (QED) is 0.453. The second-order valence-corrected chi connectivity index (χ2v) is 5.37. The Kier molecular flexibility index (Phi) is 5.78. The minimum atomic E-state index is -0.900. The number of rotatable bonds is 7. The van der Waals surface area contributed by atoms with Gasteiger partial charge in [0.2, 0.25) is 0 Å². The molecule has 0 aliphatic heterocycles. The molecule has 0 fully saturated rings. The number of nitro benzene ring substituents is 1. The van der Waals surface area contributed by atoms with Crippen LogP contribution in [0.5, 0.6) is 0 Å². The molecule has 0 saturated carbocycles. The zero-order valence-electron chi connectivity index (χ0n) is 10.7. The van der Waals surface area contributed by atoms with Crippen molar-refractivity contribution in [1.29, 1.82) is 0 Å². The van der Waals surface area contributed by atoms with E-state index in [4.69, 9.17) is 5.11 Å². The van der Waals surface area contributed by atoms with Crippen LogP contribution in [0.15, 0.2) is 29.2 Å².